The van der Waals surface area contributed by atoms with Gasteiger partial charge < -0.3 is 10.2 Å². The first kappa shape index (κ1) is 17.0. The minimum absolute atomic E-state index is 0.734. The second-order valence-electron chi connectivity index (χ2n) is 7.58. The summed E-state index contributed by atoms with van der Waals surface area (Å²) in [5.74, 6) is 3.29. The molecule has 0 aromatic carbocycles. The lowest BCUT2D eigenvalue weighted by molar-refractivity contribution is 0.129. The molecule has 0 aliphatic heterocycles. The normalized spacial score (nSPS) is 28.6. The number of nitrogens with one attached hydrogen (secondary N) is 1. The molecule has 0 bridgehead atoms. The first-order valence-electron chi connectivity index (χ1n) is 8.32. The van der Waals surface area contributed by atoms with Crippen LogP contribution in [0, 0.1) is 23.7 Å². The fraction of sp³-hybridized carbons (Fsp3) is 1.00. The summed E-state index contributed by atoms with van der Waals surface area (Å²) in [6.07, 6.45) is 4.16. The Kier molecular flexibility index (Phi) is 7.38. The quantitative estimate of drug-likeness (QED) is 0.758. The van der Waals surface area contributed by atoms with Crippen molar-refractivity contribution in [2.75, 3.05) is 26.7 Å². The number of nitrogens with zero attached hydrogens (tertiary/aromatic N) is 1. The van der Waals surface area contributed by atoms with Crippen molar-refractivity contribution in [3.8, 4) is 0 Å². The Bertz CT molecular complexity index is 227. The maximum Gasteiger partial charge on any atom is 0.0105 e. The molecule has 19 heavy (non-hydrogen) atoms. The molecular formula is C17H36N2. The molecule has 0 aromatic heterocycles. The Morgan fingerprint density at radius 2 is 1.63 bits per heavy atom. The minimum atomic E-state index is 0.734. The predicted octanol–water partition coefficient (Wildman–Crippen LogP) is 3.62. The first-order chi connectivity index (χ1) is 8.92. The molecule has 0 saturated heterocycles. The summed E-state index contributed by atoms with van der Waals surface area (Å²) in [5, 5.41) is 3.56. The van der Waals surface area contributed by atoms with Gasteiger partial charge in [-0.1, -0.05) is 34.6 Å². The topological polar surface area (TPSA) is 15.3 Å². The molecule has 1 N–H and O–H groups in total. The van der Waals surface area contributed by atoms with Crippen LogP contribution in [0.2, 0.25) is 0 Å². The van der Waals surface area contributed by atoms with Gasteiger partial charge in [-0.3, -0.25) is 0 Å². The number of hydrogen-bond donors (Lipinski definition) is 1. The van der Waals surface area contributed by atoms with Crippen molar-refractivity contribution in [2.45, 2.75) is 59.9 Å². The zero-order chi connectivity index (χ0) is 14.4. The first-order valence-corrected chi connectivity index (χ1v) is 8.32. The molecule has 0 radical (unpaired) electrons. The van der Waals surface area contributed by atoms with Crippen molar-refractivity contribution >= 4 is 0 Å². The molecule has 3 unspecified atom stereocenters. The third-order valence-corrected chi connectivity index (χ3v) is 4.35. The van der Waals surface area contributed by atoms with E-state index in [4.69, 9.17) is 0 Å². The van der Waals surface area contributed by atoms with E-state index in [-0.39, 0.29) is 0 Å². The van der Waals surface area contributed by atoms with E-state index in [9.17, 15) is 0 Å². The molecule has 1 fully saturated rings. The van der Waals surface area contributed by atoms with Gasteiger partial charge in [-0.25, -0.2) is 0 Å². The maximum atomic E-state index is 3.56. The zero-order valence-corrected chi connectivity index (χ0v) is 14.1. The van der Waals surface area contributed by atoms with Crippen molar-refractivity contribution in [1.82, 2.24) is 10.2 Å². The van der Waals surface area contributed by atoms with Crippen LogP contribution in [0.3, 0.4) is 0 Å². The highest BCUT2D eigenvalue weighted by Gasteiger charge is 2.29. The Morgan fingerprint density at radius 3 is 2.11 bits per heavy atom. The average molecular weight is 268 g/mol. The molecular weight excluding hydrogens is 232 g/mol. The fourth-order valence-electron chi connectivity index (χ4n) is 3.67. The van der Waals surface area contributed by atoms with Gasteiger partial charge in [0.1, 0.15) is 0 Å². The summed E-state index contributed by atoms with van der Waals surface area (Å²) in [6.45, 7) is 15.6. The third kappa shape index (κ3) is 6.27. The van der Waals surface area contributed by atoms with E-state index in [1.807, 2.05) is 0 Å². The van der Waals surface area contributed by atoms with Crippen molar-refractivity contribution in [3.05, 3.63) is 0 Å². The Balaban J connectivity index is 2.58. The van der Waals surface area contributed by atoms with Crippen LogP contribution in [0.25, 0.3) is 0 Å². The van der Waals surface area contributed by atoms with E-state index in [1.54, 1.807) is 0 Å². The Labute approximate surface area is 121 Å². The summed E-state index contributed by atoms with van der Waals surface area (Å²) < 4.78 is 0. The number of rotatable bonds is 7. The fourth-order valence-corrected chi connectivity index (χ4v) is 3.67. The molecule has 0 heterocycles. The molecule has 114 valence electrons. The van der Waals surface area contributed by atoms with E-state index in [2.05, 4.69) is 51.9 Å². The third-order valence-electron chi connectivity index (χ3n) is 4.35. The zero-order valence-electron chi connectivity index (χ0n) is 14.1. The van der Waals surface area contributed by atoms with Crippen molar-refractivity contribution in [1.29, 1.82) is 0 Å². The number of hydrogen-bond acceptors (Lipinski definition) is 2. The molecule has 2 heteroatoms. The summed E-state index contributed by atoms with van der Waals surface area (Å²) in [5.41, 5.74) is 0. The summed E-state index contributed by atoms with van der Waals surface area (Å²) in [6, 6.07) is 0.734. The summed E-state index contributed by atoms with van der Waals surface area (Å²) in [4.78, 5) is 2.71. The van der Waals surface area contributed by atoms with E-state index in [1.165, 1.54) is 38.9 Å². The van der Waals surface area contributed by atoms with E-state index >= 15 is 0 Å². The monoisotopic (exact) mass is 268 g/mol. The van der Waals surface area contributed by atoms with Gasteiger partial charge in [-0.15, -0.1) is 0 Å². The highest BCUT2D eigenvalue weighted by molar-refractivity contribution is 4.85. The standard InChI is InChI=1S/C17H36N2/c1-13(2)10-19(11-14(3)4)12-16-9-15(5)7-8-17(16)18-6/h13-18H,7-12H2,1-6H3. The molecule has 1 aliphatic carbocycles. The summed E-state index contributed by atoms with van der Waals surface area (Å²) >= 11 is 0. The molecule has 1 saturated carbocycles. The SMILES string of the molecule is CNC1CCC(C)CC1CN(CC(C)C)CC(C)C. The van der Waals surface area contributed by atoms with Gasteiger partial charge in [0.15, 0.2) is 0 Å². The van der Waals surface area contributed by atoms with Crippen molar-refractivity contribution in [2.24, 2.45) is 23.7 Å². The summed E-state index contributed by atoms with van der Waals surface area (Å²) in [7, 11) is 2.14. The van der Waals surface area contributed by atoms with Crippen LogP contribution in [0.15, 0.2) is 0 Å². The minimum Gasteiger partial charge on any atom is -0.317 e. The molecule has 0 amide bonds. The van der Waals surface area contributed by atoms with Crippen LogP contribution in [0.1, 0.15) is 53.9 Å². The Morgan fingerprint density at radius 1 is 1.05 bits per heavy atom. The van der Waals surface area contributed by atoms with Crippen molar-refractivity contribution in [3.63, 3.8) is 0 Å². The second kappa shape index (κ2) is 8.26. The molecule has 2 nitrogen and oxygen atoms in total. The molecule has 1 aliphatic rings. The lowest BCUT2D eigenvalue weighted by Crippen LogP contribution is -2.45. The van der Waals surface area contributed by atoms with Gasteiger partial charge in [0.2, 0.25) is 0 Å². The van der Waals surface area contributed by atoms with Gasteiger partial charge in [-0.2, -0.15) is 0 Å². The van der Waals surface area contributed by atoms with Gasteiger partial charge in [-0.05, 0) is 50.0 Å². The lowest BCUT2D eigenvalue weighted by Gasteiger charge is -2.39. The van der Waals surface area contributed by atoms with Gasteiger partial charge >= 0.3 is 0 Å². The van der Waals surface area contributed by atoms with Crippen LogP contribution in [-0.4, -0.2) is 37.6 Å². The lowest BCUT2D eigenvalue weighted by atomic mass is 9.78. The maximum absolute atomic E-state index is 3.56. The van der Waals surface area contributed by atoms with E-state index < -0.39 is 0 Å². The predicted molar refractivity (Wildman–Crippen MR) is 85.5 cm³/mol. The molecule has 0 spiro atoms. The molecule has 3 atom stereocenters. The van der Waals surface area contributed by atoms with Crippen LogP contribution in [-0.2, 0) is 0 Å². The highest BCUT2D eigenvalue weighted by atomic mass is 15.1. The van der Waals surface area contributed by atoms with E-state index in [0.717, 1.165) is 29.7 Å². The van der Waals surface area contributed by atoms with Gasteiger partial charge in [0, 0.05) is 25.7 Å². The molecule has 1 rings (SSSR count). The molecule has 0 aromatic rings. The van der Waals surface area contributed by atoms with Crippen LogP contribution >= 0.6 is 0 Å². The van der Waals surface area contributed by atoms with Crippen molar-refractivity contribution < 1.29 is 0 Å². The van der Waals surface area contributed by atoms with E-state index in [0.29, 0.717) is 0 Å². The average Bonchev–Trinajstić information content (AvgIpc) is 2.27. The Hall–Kier alpha value is -0.0800. The largest absolute Gasteiger partial charge is 0.317 e. The highest BCUT2D eigenvalue weighted by Crippen LogP contribution is 2.29. The smallest absolute Gasteiger partial charge is 0.0105 e. The van der Waals surface area contributed by atoms with Crippen LogP contribution in [0.5, 0.6) is 0 Å². The van der Waals surface area contributed by atoms with Gasteiger partial charge in [0.25, 0.3) is 0 Å². The van der Waals surface area contributed by atoms with Gasteiger partial charge in [0.05, 0.1) is 0 Å². The van der Waals surface area contributed by atoms with Crippen LogP contribution in [0.4, 0.5) is 0 Å². The van der Waals surface area contributed by atoms with Crippen LogP contribution < -0.4 is 5.32 Å². The second-order valence-corrected chi connectivity index (χ2v) is 7.58.